The fourth-order valence-corrected chi connectivity index (χ4v) is 4.21. The molecule has 3 aromatic carbocycles. The average Bonchev–Trinajstić information content (AvgIpc) is 3.29. The number of hydrogen-bond donors (Lipinski definition) is 2. The molecule has 1 aromatic heterocycles. The van der Waals surface area contributed by atoms with E-state index < -0.39 is 6.04 Å². The second-order valence-electron chi connectivity index (χ2n) is 8.35. The van der Waals surface area contributed by atoms with Crippen molar-refractivity contribution in [3.63, 3.8) is 0 Å². The molecule has 170 valence electrons. The molecular weight excluding hydrogens is 426 g/mol. The van der Waals surface area contributed by atoms with E-state index in [-0.39, 0.29) is 5.91 Å². The number of ether oxygens (including phenoxy) is 1. The number of aromatic nitrogens is 3. The lowest BCUT2D eigenvalue weighted by Gasteiger charge is -2.29. The number of fused-ring (bicyclic) bond motifs is 1. The summed E-state index contributed by atoms with van der Waals surface area (Å²) >= 11 is 0. The number of nitrogens with zero attached hydrogens (tertiary/aromatic N) is 3. The Kier molecular flexibility index (Phi) is 5.59. The van der Waals surface area contributed by atoms with Crippen LogP contribution in [-0.2, 0) is 4.79 Å². The number of carbonyl (C=O) groups is 1. The molecule has 0 bridgehead atoms. The number of amides is 1. The van der Waals surface area contributed by atoms with Crippen LogP contribution in [0.3, 0.4) is 0 Å². The van der Waals surface area contributed by atoms with Gasteiger partial charge in [-0.05, 0) is 62.2 Å². The van der Waals surface area contributed by atoms with Crippen LogP contribution in [0.5, 0.6) is 11.5 Å². The quantitative estimate of drug-likeness (QED) is 0.412. The van der Waals surface area contributed by atoms with Crippen LogP contribution in [0.4, 0.5) is 11.6 Å². The van der Waals surface area contributed by atoms with Gasteiger partial charge in [-0.25, -0.2) is 4.68 Å². The fraction of sp³-hybridized carbons (Fsp3) is 0.148. The van der Waals surface area contributed by atoms with E-state index in [0.717, 1.165) is 33.8 Å². The smallest absolute Gasteiger partial charge is 0.255 e. The minimum Gasteiger partial charge on any atom is -0.457 e. The summed E-state index contributed by atoms with van der Waals surface area (Å²) in [7, 11) is 0. The maximum Gasteiger partial charge on any atom is 0.255 e. The van der Waals surface area contributed by atoms with Crippen LogP contribution in [0.1, 0.15) is 29.7 Å². The standard InChI is InChI=1S/C27H25N5O2/c1-17-12-13-23(18(2)14-17)31-26(33)24-19(3)30-27-28-16-29-32(27)25(24)20-8-7-11-22(15-20)34-21-9-5-4-6-10-21/h4-16,25H,1-3H3,(H,31,33)(H,28,29,30)/t25-/m1/s1. The van der Waals surface area contributed by atoms with Crippen molar-refractivity contribution in [2.75, 3.05) is 10.6 Å². The van der Waals surface area contributed by atoms with Crippen LogP contribution in [0.15, 0.2) is 90.4 Å². The molecule has 2 heterocycles. The SMILES string of the molecule is CC1=C(C(=O)Nc2ccc(C)cc2C)[C@@H](c2cccc(Oc3ccccc3)c2)n2ncnc2N1. The highest BCUT2D eigenvalue weighted by molar-refractivity contribution is 6.06. The minimum absolute atomic E-state index is 0.197. The van der Waals surface area contributed by atoms with Gasteiger partial charge in [0.05, 0.1) is 5.57 Å². The van der Waals surface area contributed by atoms with Crippen LogP contribution >= 0.6 is 0 Å². The summed E-state index contributed by atoms with van der Waals surface area (Å²) in [5.74, 6) is 1.80. The van der Waals surface area contributed by atoms with E-state index in [1.807, 2.05) is 93.6 Å². The van der Waals surface area contributed by atoms with Gasteiger partial charge in [0, 0.05) is 11.4 Å². The molecule has 0 aliphatic carbocycles. The Morgan fingerprint density at radius 3 is 2.56 bits per heavy atom. The van der Waals surface area contributed by atoms with E-state index in [2.05, 4.69) is 20.7 Å². The zero-order valence-corrected chi connectivity index (χ0v) is 19.2. The summed E-state index contributed by atoms with van der Waals surface area (Å²) in [5.41, 5.74) is 5.08. The topological polar surface area (TPSA) is 81.1 Å². The first-order valence-corrected chi connectivity index (χ1v) is 11.1. The highest BCUT2D eigenvalue weighted by atomic mass is 16.5. The third-order valence-electron chi connectivity index (χ3n) is 5.82. The predicted molar refractivity (Wildman–Crippen MR) is 132 cm³/mol. The first-order chi connectivity index (χ1) is 16.5. The number of rotatable bonds is 5. The van der Waals surface area contributed by atoms with Crippen molar-refractivity contribution in [3.8, 4) is 11.5 Å². The normalized spacial score (nSPS) is 14.9. The average molecular weight is 452 g/mol. The molecule has 7 heteroatoms. The van der Waals surface area contributed by atoms with Gasteiger partial charge in [0.25, 0.3) is 5.91 Å². The molecule has 0 spiro atoms. The van der Waals surface area contributed by atoms with Gasteiger partial charge < -0.3 is 15.4 Å². The van der Waals surface area contributed by atoms with Crippen molar-refractivity contribution in [1.82, 2.24) is 14.8 Å². The Hall–Kier alpha value is -4.39. The Labute approximate surface area is 198 Å². The Balaban J connectivity index is 1.52. The Morgan fingerprint density at radius 1 is 0.971 bits per heavy atom. The Morgan fingerprint density at radius 2 is 1.76 bits per heavy atom. The fourth-order valence-electron chi connectivity index (χ4n) is 4.21. The summed E-state index contributed by atoms with van der Waals surface area (Å²) in [6.07, 6.45) is 1.48. The molecule has 0 radical (unpaired) electrons. The summed E-state index contributed by atoms with van der Waals surface area (Å²) in [6.45, 7) is 5.90. The third kappa shape index (κ3) is 4.15. The van der Waals surface area contributed by atoms with Crippen LogP contribution in [0.25, 0.3) is 0 Å². The number of allylic oxidation sites excluding steroid dienone is 1. The molecule has 0 saturated heterocycles. The number of aryl methyl sites for hydroxylation is 2. The minimum atomic E-state index is -0.469. The lowest BCUT2D eigenvalue weighted by molar-refractivity contribution is -0.113. The zero-order valence-electron chi connectivity index (χ0n) is 19.2. The number of nitrogens with one attached hydrogen (secondary N) is 2. The van der Waals surface area contributed by atoms with Crippen molar-refractivity contribution in [2.45, 2.75) is 26.8 Å². The molecule has 7 nitrogen and oxygen atoms in total. The van der Waals surface area contributed by atoms with E-state index in [1.165, 1.54) is 6.33 Å². The van der Waals surface area contributed by atoms with Gasteiger partial charge in [0.1, 0.15) is 23.9 Å². The van der Waals surface area contributed by atoms with E-state index in [0.29, 0.717) is 17.3 Å². The van der Waals surface area contributed by atoms with Crippen LogP contribution in [0, 0.1) is 13.8 Å². The first kappa shape index (κ1) is 21.5. The van der Waals surface area contributed by atoms with Crippen molar-refractivity contribution in [2.24, 2.45) is 0 Å². The molecule has 1 aliphatic rings. The van der Waals surface area contributed by atoms with E-state index in [1.54, 1.807) is 4.68 Å². The van der Waals surface area contributed by atoms with Gasteiger partial charge >= 0.3 is 0 Å². The summed E-state index contributed by atoms with van der Waals surface area (Å²) in [6, 6.07) is 22.8. The van der Waals surface area contributed by atoms with Crippen molar-refractivity contribution in [3.05, 3.63) is 107 Å². The predicted octanol–water partition coefficient (Wildman–Crippen LogP) is 5.61. The van der Waals surface area contributed by atoms with E-state index >= 15 is 0 Å². The van der Waals surface area contributed by atoms with Crippen LogP contribution in [-0.4, -0.2) is 20.7 Å². The number of hydrogen-bond acceptors (Lipinski definition) is 5. The van der Waals surface area contributed by atoms with E-state index in [9.17, 15) is 4.79 Å². The van der Waals surface area contributed by atoms with Gasteiger partial charge in [-0.2, -0.15) is 10.1 Å². The summed E-state index contributed by atoms with van der Waals surface area (Å²) < 4.78 is 7.77. The van der Waals surface area contributed by atoms with E-state index in [4.69, 9.17) is 4.74 Å². The summed E-state index contributed by atoms with van der Waals surface area (Å²) in [5, 5.41) is 10.7. The second kappa shape index (κ2) is 8.86. The maximum absolute atomic E-state index is 13.6. The van der Waals surface area contributed by atoms with Gasteiger partial charge in [0.15, 0.2) is 0 Å². The molecule has 0 fully saturated rings. The van der Waals surface area contributed by atoms with Crippen molar-refractivity contribution >= 4 is 17.5 Å². The molecule has 4 aromatic rings. The van der Waals surface area contributed by atoms with Crippen LogP contribution in [0.2, 0.25) is 0 Å². The number of benzene rings is 3. The highest BCUT2D eigenvalue weighted by Gasteiger charge is 2.33. The monoisotopic (exact) mass is 451 g/mol. The van der Waals surface area contributed by atoms with Gasteiger partial charge in [-0.3, -0.25) is 4.79 Å². The Bertz CT molecular complexity index is 1390. The van der Waals surface area contributed by atoms with Gasteiger partial charge in [-0.15, -0.1) is 0 Å². The molecule has 1 aliphatic heterocycles. The van der Waals surface area contributed by atoms with Crippen molar-refractivity contribution < 1.29 is 9.53 Å². The van der Waals surface area contributed by atoms with Crippen LogP contribution < -0.4 is 15.4 Å². The molecule has 0 saturated carbocycles. The van der Waals surface area contributed by atoms with Gasteiger partial charge in [-0.1, -0.05) is 48.0 Å². The number of anilines is 2. The molecule has 1 atom stereocenters. The lowest BCUT2D eigenvalue weighted by Crippen LogP contribution is -2.31. The molecule has 34 heavy (non-hydrogen) atoms. The maximum atomic E-state index is 13.6. The molecule has 5 rings (SSSR count). The number of para-hydroxylation sites is 1. The zero-order chi connectivity index (χ0) is 23.7. The second-order valence-corrected chi connectivity index (χ2v) is 8.35. The molecule has 2 N–H and O–H groups in total. The molecule has 0 unspecified atom stereocenters. The third-order valence-corrected chi connectivity index (χ3v) is 5.82. The summed E-state index contributed by atoms with van der Waals surface area (Å²) in [4.78, 5) is 17.9. The molecular formula is C27H25N5O2. The largest absolute Gasteiger partial charge is 0.457 e. The highest BCUT2D eigenvalue weighted by Crippen LogP contribution is 2.37. The molecule has 1 amide bonds. The van der Waals surface area contributed by atoms with Crippen molar-refractivity contribution in [1.29, 1.82) is 0 Å². The van der Waals surface area contributed by atoms with Gasteiger partial charge in [0.2, 0.25) is 5.95 Å². The number of carbonyl (C=O) groups excluding carboxylic acids is 1. The first-order valence-electron chi connectivity index (χ1n) is 11.1. The lowest BCUT2D eigenvalue weighted by atomic mass is 9.94.